The summed E-state index contributed by atoms with van der Waals surface area (Å²) < 4.78 is 38.4. The molecular weight excluding hydrogens is 285 g/mol. The van der Waals surface area contributed by atoms with E-state index < -0.39 is 18.7 Å². The number of aromatic carboxylic acids is 1. The minimum Gasteiger partial charge on any atom is -0.478 e. The number of aromatic nitrogens is 2. The van der Waals surface area contributed by atoms with Crippen molar-refractivity contribution in [2.45, 2.75) is 26.6 Å². The lowest BCUT2D eigenvalue weighted by Gasteiger charge is -2.08. The summed E-state index contributed by atoms with van der Waals surface area (Å²) in [5.41, 5.74) is 2.23. The number of alkyl halides is 3. The van der Waals surface area contributed by atoms with Gasteiger partial charge in [-0.1, -0.05) is 12.1 Å². The molecule has 0 saturated carbocycles. The molecule has 0 aliphatic carbocycles. The van der Waals surface area contributed by atoms with Crippen LogP contribution in [0, 0.1) is 13.8 Å². The molecule has 0 amide bonds. The van der Waals surface area contributed by atoms with Crippen molar-refractivity contribution in [1.82, 2.24) is 9.78 Å². The Kier molecular flexibility index (Phi) is 3.76. The van der Waals surface area contributed by atoms with Crippen LogP contribution in [-0.4, -0.2) is 27.0 Å². The van der Waals surface area contributed by atoms with Crippen molar-refractivity contribution in [2.24, 2.45) is 0 Å². The fourth-order valence-electron chi connectivity index (χ4n) is 2.22. The standard InChI is InChI=1S/C14H13F3N2O2/c1-8-12(9(2)19(18-8)7-14(15,16)17)10-3-5-11(6-4-10)13(20)21/h3-6H,7H2,1-2H3,(H,20,21). The smallest absolute Gasteiger partial charge is 0.408 e. The molecule has 1 aromatic heterocycles. The molecule has 0 radical (unpaired) electrons. The van der Waals surface area contributed by atoms with E-state index in [1.165, 1.54) is 12.1 Å². The third-order valence-electron chi connectivity index (χ3n) is 3.13. The van der Waals surface area contributed by atoms with E-state index in [4.69, 9.17) is 5.11 Å². The Morgan fingerprint density at radius 1 is 1.24 bits per heavy atom. The largest absolute Gasteiger partial charge is 0.478 e. The van der Waals surface area contributed by atoms with Gasteiger partial charge in [-0.25, -0.2) is 4.79 Å². The zero-order chi connectivity index (χ0) is 15.8. The quantitative estimate of drug-likeness (QED) is 0.944. The number of carboxylic acids is 1. The lowest BCUT2D eigenvalue weighted by atomic mass is 10.0. The summed E-state index contributed by atoms with van der Waals surface area (Å²) >= 11 is 0. The molecule has 0 aliphatic rings. The van der Waals surface area contributed by atoms with E-state index >= 15 is 0 Å². The Morgan fingerprint density at radius 3 is 2.29 bits per heavy atom. The molecule has 1 N–H and O–H groups in total. The van der Waals surface area contributed by atoms with Crippen LogP contribution >= 0.6 is 0 Å². The van der Waals surface area contributed by atoms with Crippen molar-refractivity contribution in [1.29, 1.82) is 0 Å². The van der Waals surface area contributed by atoms with Crippen molar-refractivity contribution in [3.05, 3.63) is 41.2 Å². The van der Waals surface area contributed by atoms with Crippen LogP contribution in [-0.2, 0) is 6.54 Å². The van der Waals surface area contributed by atoms with Gasteiger partial charge in [-0.05, 0) is 31.5 Å². The van der Waals surface area contributed by atoms with Crippen molar-refractivity contribution >= 4 is 5.97 Å². The number of rotatable bonds is 3. The summed E-state index contributed by atoms with van der Waals surface area (Å²) in [7, 11) is 0. The average Bonchev–Trinajstić information content (AvgIpc) is 2.62. The number of carbonyl (C=O) groups is 1. The number of aryl methyl sites for hydroxylation is 1. The van der Waals surface area contributed by atoms with E-state index in [2.05, 4.69) is 5.10 Å². The van der Waals surface area contributed by atoms with Gasteiger partial charge in [-0.2, -0.15) is 18.3 Å². The lowest BCUT2D eigenvalue weighted by molar-refractivity contribution is -0.142. The van der Waals surface area contributed by atoms with Gasteiger partial charge < -0.3 is 5.11 Å². The maximum Gasteiger partial charge on any atom is 0.408 e. The number of carboxylic acid groups (broad SMARTS) is 1. The summed E-state index contributed by atoms with van der Waals surface area (Å²) in [6.45, 7) is 2.04. The van der Waals surface area contributed by atoms with E-state index in [0.717, 1.165) is 4.68 Å². The van der Waals surface area contributed by atoms with Crippen molar-refractivity contribution in [3.63, 3.8) is 0 Å². The fourth-order valence-corrected chi connectivity index (χ4v) is 2.22. The van der Waals surface area contributed by atoms with E-state index in [1.807, 2.05) is 0 Å². The van der Waals surface area contributed by atoms with E-state index in [-0.39, 0.29) is 5.56 Å². The van der Waals surface area contributed by atoms with E-state index in [1.54, 1.807) is 26.0 Å². The first-order valence-corrected chi connectivity index (χ1v) is 6.13. The third kappa shape index (κ3) is 3.24. The van der Waals surface area contributed by atoms with E-state index in [9.17, 15) is 18.0 Å². The highest BCUT2D eigenvalue weighted by Crippen LogP contribution is 2.29. The van der Waals surface area contributed by atoms with Crippen molar-refractivity contribution in [2.75, 3.05) is 0 Å². The molecule has 4 nitrogen and oxygen atoms in total. The number of hydrogen-bond acceptors (Lipinski definition) is 2. The molecule has 0 fully saturated rings. The monoisotopic (exact) mass is 298 g/mol. The van der Waals surface area contributed by atoms with Crippen molar-refractivity contribution < 1.29 is 23.1 Å². The van der Waals surface area contributed by atoms with Crippen LogP contribution in [0.1, 0.15) is 21.7 Å². The van der Waals surface area contributed by atoms with Crippen LogP contribution in [0.2, 0.25) is 0 Å². The molecule has 2 aromatic rings. The molecule has 2 rings (SSSR count). The Morgan fingerprint density at radius 2 is 1.81 bits per heavy atom. The minimum absolute atomic E-state index is 0.122. The summed E-state index contributed by atoms with van der Waals surface area (Å²) in [4.78, 5) is 10.8. The van der Waals surface area contributed by atoms with Crippen LogP contribution in [0.3, 0.4) is 0 Å². The Hall–Kier alpha value is -2.31. The van der Waals surface area contributed by atoms with Crippen molar-refractivity contribution in [3.8, 4) is 11.1 Å². The summed E-state index contributed by atoms with van der Waals surface area (Å²) in [6, 6.07) is 5.96. The van der Waals surface area contributed by atoms with E-state index in [0.29, 0.717) is 22.5 Å². The zero-order valence-electron chi connectivity index (χ0n) is 11.4. The highest BCUT2D eigenvalue weighted by atomic mass is 19.4. The highest BCUT2D eigenvalue weighted by molar-refractivity contribution is 5.88. The molecule has 1 heterocycles. The molecule has 1 aromatic carbocycles. The molecule has 0 spiro atoms. The summed E-state index contributed by atoms with van der Waals surface area (Å²) in [6.07, 6.45) is -4.34. The van der Waals surface area contributed by atoms with Crippen LogP contribution in [0.4, 0.5) is 13.2 Å². The van der Waals surface area contributed by atoms with Crippen LogP contribution < -0.4 is 0 Å². The predicted molar refractivity (Wildman–Crippen MR) is 70.2 cm³/mol. The van der Waals surface area contributed by atoms with Gasteiger partial charge in [-0.3, -0.25) is 4.68 Å². The number of hydrogen-bond donors (Lipinski definition) is 1. The summed E-state index contributed by atoms with van der Waals surface area (Å²) in [5, 5.41) is 12.8. The topological polar surface area (TPSA) is 55.1 Å². The second-order valence-electron chi connectivity index (χ2n) is 4.70. The number of nitrogens with zero attached hydrogens (tertiary/aromatic N) is 2. The van der Waals surface area contributed by atoms with Gasteiger partial charge in [0.25, 0.3) is 0 Å². The second kappa shape index (κ2) is 5.23. The van der Waals surface area contributed by atoms with Crippen LogP contribution in [0.5, 0.6) is 0 Å². The highest BCUT2D eigenvalue weighted by Gasteiger charge is 2.30. The Balaban J connectivity index is 2.42. The maximum absolute atomic E-state index is 12.5. The first-order chi connectivity index (χ1) is 9.69. The average molecular weight is 298 g/mol. The molecule has 112 valence electrons. The van der Waals surface area contributed by atoms with Gasteiger partial charge >= 0.3 is 12.1 Å². The molecular formula is C14H13F3N2O2. The fraction of sp³-hybridized carbons (Fsp3) is 0.286. The maximum atomic E-state index is 12.5. The normalized spacial score (nSPS) is 11.7. The molecule has 0 bridgehead atoms. The Bertz CT molecular complexity index is 673. The first kappa shape index (κ1) is 15.1. The molecule has 0 atom stereocenters. The van der Waals surface area contributed by atoms with Crippen LogP contribution in [0.25, 0.3) is 11.1 Å². The minimum atomic E-state index is -4.34. The molecule has 0 aliphatic heterocycles. The Labute approximate surface area is 118 Å². The zero-order valence-corrected chi connectivity index (χ0v) is 11.4. The molecule has 0 saturated heterocycles. The van der Waals surface area contributed by atoms with Gasteiger partial charge in [0.2, 0.25) is 0 Å². The van der Waals surface area contributed by atoms with Gasteiger partial charge in [0, 0.05) is 11.3 Å². The lowest BCUT2D eigenvalue weighted by Crippen LogP contribution is -2.19. The molecule has 21 heavy (non-hydrogen) atoms. The molecule has 7 heteroatoms. The second-order valence-corrected chi connectivity index (χ2v) is 4.70. The van der Waals surface area contributed by atoms with Gasteiger partial charge in [-0.15, -0.1) is 0 Å². The number of benzene rings is 1. The third-order valence-corrected chi connectivity index (χ3v) is 3.13. The van der Waals surface area contributed by atoms with Crippen LogP contribution in [0.15, 0.2) is 24.3 Å². The first-order valence-electron chi connectivity index (χ1n) is 6.13. The molecule has 0 unspecified atom stereocenters. The van der Waals surface area contributed by atoms with Gasteiger partial charge in [0.05, 0.1) is 11.3 Å². The number of halogens is 3. The predicted octanol–water partition coefficient (Wildman–Crippen LogP) is 3.43. The van der Waals surface area contributed by atoms with Gasteiger partial charge in [0.1, 0.15) is 6.54 Å². The summed E-state index contributed by atoms with van der Waals surface area (Å²) in [5.74, 6) is -1.05. The van der Waals surface area contributed by atoms with Gasteiger partial charge in [0.15, 0.2) is 0 Å². The SMILES string of the molecule is Cc1nn(CC(F)(F)F)c(C)c1-c1ccc(C(=O)O)cc1.